The number of ether oxygens (including phenoxy) is 1. The van der Waals surface area contributed by atoms with Crippen molar-refractivity contribution in [3.63, 3.8) is 0 Å². The molecule has 0 bridgehead atoms. The van der Waals surface area contributed by atoms with Gasteiger partial charge in [0.15, 0.2) is 5.69 Å². The van der Waals surface area contributed by atoms with Gasteiger partial charge < -0.3 is 15.4 Å². The zero-order valence-electron chi connectivity index (χ0n) is 16.1. The van der Waals surface area contributed by atoms with E-state index in [-0.39, 0.29) is 29.4 Å². The molecule has 4 rings (SSSR count). The number of fused-ring (bicyclic) bond motifs is 1. The molecular weight excluding hydrogens is 368 g/mol. The van der Waals surface area contributed by atoms with Crippen LogP contribution in [0.4, 0.5) is 0 Å². The molecule has 1 aliphatic heterocycles. The molecule has 0 aliphatic carbocycles. The number of aromatic nitrogens is 2. The maximum atomic E-state index is 12.7. The molecule has 0 saturated carbocycles. The number of nitrogens with one attached hydrogen (secondary N) is 2. The Labute approximate surface area is 169 Å². The highest BCUT2D eigenvalue weighted by Crippen LogP contribution is 2.15. The molecule has 1 fully saturated rings. The maximum absolute atomic E-state index is 12.7. The van der Waals surface area contributed by atoms with Gasteiger partial charge in [-0.3, -0.25) is 14.0 Å². The molecule has 2 amide bonds. The van der Waals surface area contributed by atoms with Crippen LogP contribution in [0.25, 0.3) is 5.52 Å². The SMILES string of the molecule is O=C(NCC1CCCO1)c1nc(C(=O)NCCc2ccccc2)n2ccccc12. The fourth-order valence-electron chi connectivity index (χ4n) is 3.50. The number of pyridine rings is 1. The van der Waals surface area contributed by atoms with Gasteiger partial charge in [0.05, 0.1) is 11.6 Å². The fraction of sp³-hybridized carbons (Fsp3) is 0.318. The predicted octanol–water partition coefficient (Wildman–Crippen LogP) is 2.22. The Morgan fingerprint density at radius 3 is 2.69 bits per heavy atom. The van der Waals surface area contributed by atoms with Crippen molar-refractivity contribution in [1.29, 1.82) is 0 Å². The van der Waals surface area contributed by atoms with Gasteiger partial charge in [-0.2, -0.15) is 0 Å². The van der Waals surface area contributed by atoms with Crippen LogP contribution in [0.3, 0.4) is 0 Å². The Morgan fingerprint density at radius 1 is 1.07 bits per heavy atom. The second-order valence-corrected chi connectivity index (χ2v) is 7.08. The zero-order valence-corrected chi connectivity index (χ0v) is 16.1. The van der Waals surface area contributed by atoms with E-state index in [0.29, 0.717) is 18.6 Å². The summed E-state index contributed by atoms with van der Waals surface area (Å²) in [5, 5.41) is 5.77. The molecule has 0 radical (unpaired) electrons. The lowest BCUT2D eigenvalue weighted by Crippen LogP contribution is -2.32. The van der Waals surface area contributed by atoms with Crippen LogP contribution in [-0.4, -0.2) is 47.0 Å². The summed E-state index contributed by atoms with van der Waals surface area (Å²) in [6.45, 7) is 1.68. The van der Waals surface area contributed by atoms with Crippen molar-refractivity contribution < 1.29 is 14.3 Å². The van der Waals surface area contributed by atoms with Crippen LogP contribution < -0.4 is 10.6 Å². The summed E-state index contributed by atoms with van der Waals surface area (Å²) >= 11 is 0. The Kier molecular flexibility index (Phi) is 5.86. The number of hydrogen-bond donors (Lipinski definition) is 2. The Bertz CT molecular complexity index is 994. The van der Waals surface area contributed by atoms with E-state index in [1.807, 2.05) is 42.5 Å². The van der Waals surface area contributed by atoms with Gasteiger partial charge in [-0.25, -0.2) is 4.98 Å². The third-order valence-corrected chi connectivity index (χ3v) is 5.02. The van der Waals surface area contributed by atoms with E-state index in [4.69, 9.17) is 4.74 Å². The molecule has 1 unspecified atom stereocenters. The van der Waals surface area contributed by atoms with E-state index in [1.54, 1.807) is 16.7 Å². The van der Waals surface area contributed by atoms with E-state index >= 15 is 0 Å². The largest absolute Gasteiger partial charge is 0.376 e. The van der Waals surface area contributed by atoms with Crippen LogP contribution in [0.2, 0.25) is 0 Å². The van der Waals surface area contributed by atoms with E-state index in [1.165, 1.54) is 0 Å². The van der Waals surface area contributed by atoms with E-state index in [9.17, 15) is 9.59 Å². The number of amides is 2. The molecular formula is C22H24N4O3. The van der Waals surface area contributed by atoms with Crippen molar-refractivity contribution in [3.05, 3.63) is 71.8 Å². The number of benzene rings is 1. The Morgan fingerprint density at radius 2 is 1.90 bits per heavy atom. The Balaban J connectivity index is 1.46. The summed E-state index contributed by atoms with van der Waals surface area (Å²) in [4.78, 5) is 29.7. The topological polar surface area (TPSA) is 84.7 Å². The van der Waals surface area contributed by atoms with Gasteiger partial charge in [0.25, 0.3) is 11.8 Å². The molecule has 7 nitrogen and oxygen atoms in total. The standard InChI is InChI=1S/C22H24N4O3/c27-21(24-15-17-9-6-14-29-17)19-18-10-4-5-13-26(18)20(25-19)22(28)23-12-11-16-7-2-1-3-8-16/h1-5,7-8,10,13,17H,6,9,11-12,14-15H2,(H,23,28)(H,24,27). The van der Waals surface area contributed by atoms with Gasteiger partial charge in [-0.15, -0.1) is 0 Å². The highest BCUT2D eigenvalue weighted by Gasteiger charge is 2.23. The zero-order chi connectivity index (χ0) is 20.1. The van der Waals surface area contributed by atoms with Gasteiger partial charge in [0.1, 0.15) is 0 Å². The number of nitrogens with zero attached hydrogens (tertiary/aromatic N) is 2. The van der Waals surface area contributed by atoms with Crippen molar-refractivity contribution in [3.8, 4) is 0 Å². The fourth-order valence-corrected chi connectivity index (χ4v) is 3.50. The minimum Gasteiger partial charge on any atom is -0.376 e. The van der Waals surface area contributed by atoms with E-state index < -0.39 is 0 Å². The molecule has 7 heteroatoms. The normalized spacial score (nSPS) is 16.1. The highest BCUT2D eigenvalue weighted by atomic mass is 16.5. The molecule has 150 valence electrons. The molecule has 2 aromatic heterocycles. The van der Waals surface area contributed by atoms with Crippen LogP contribution in [0.15, 0.2) is 54.7 Å². The summed E-state index contributed by atoms with van der Waals surface area (Å²) < 4.78 is 7.20. The van der Waals surface area contributed by atoms with Crippen molar-refractivity contribution in [2.45, 2.75) is 25.4 Å². The van der Waals surface area contributed by atoms with Crippen molar-refractivity contribution in [2.24, 2.45) is 0 Å². The average molecular weight is 392 g/mol. The first-order valence-corrected chi connectivity index (χ1v) is 9.91. The molecule has 1 aliphatic rings. The van der Waals surface area contributed by atoms with Gasteiger partial charge in [0, 0.05) is 25.9 Å². The molecule has 1 atom stereocenters. The molecule has 1 aromatic carbocycles. The smallest absolute Gasteiger partial charge is 0.287 e. The lowest BCUT2D eigenvalue weighted by Gasteiger charge is -2.09. The number of carbonyl (C=O) groups excluding carboxylic acids is 2. The van der Waals surface area contributed by atoms with Crippen molar-refractivity contribution >= 4 is 17.3 Å². The van der Waals surface area contributed by atoms with Gasteiger partial charge in [0.2, 0.25) is 5.82 Å². The lowest BCUT2D eigenvalue weighted by molar-refractivity contribution is 0.0855. The van der Waals surface area contributed by atoms with Crippen LogP contribution in [-0.2, 0) is 11.2 Å². The number of rotatable bonds is 7. The highest BCUT2D eigenvalue weighted by molar-refractivity contribution is 6.02. The molecule has 29 heavy (non-hydrogen) atoms. The lowest BCUT2D eigenvalue weighted by atomic mass is 10.1. The van der Waals surface area contributed by atoms with Crippen molar-refractivity contribution in [2.75, 3.05) is 19.7 Å². The monoisotopic (exact) mass is 392 g/mol. The maximum Gasteiger partial charge on any atom is 0.287 e. The van der Waals surface area contributed by atoms with E-state index in [2.05, 4.69) is 15.6 Å². The summed E-state index contributed by atoms with van der Waals surface area (Å²) in [5.41, 5.74) is 2.00. The van der Waals surface area contributed by atoms with Gasteiger partial charge in [-0.1, -0.05) is 36.4 Å². The number of imidazole rings is 1. The van der Waals surface area contributed by atoms with Crippen LogP contribution in [0.5, 0.6) is 0 Å². The van der Waals surface area contributed by atoms with E-state index in [0.717, 1.165) is 31.4 Å². The second-order valence-electron chi connectivity index (χ2n) is 7.08. The Hall–Kier alpha value is -3.19. The van der Waals surface area contributed by atoms with Crippen LogP contribution in [0, 0.1) is 0 Å². The minimum atomic E-state index is -0.305. The number of hydrogen-bond acceptors (Lipinski definition) is 4. The predicted molar refractivity (Wildman–Crippen MR) is 109 cm³/mol. The average Bonchev–Trinajstić information content (AvgIpc) is 3.41. The van der Waals surface area contributed by atoms with Crippen LogP contribution >= 0.6 is 0 Å². The molecule has 1 saturated heterocycles. The quantitative estimate of drug-likeness (QED) is 0.646. The molecule has 2 N–H and O–H groups in total. The first-order chi connectivity index (χ1) is 14.2. The minimum absolute atomic E-state index is 0.0496. The van der Waals surface area contributed by atoms with Crippen LogP contribution in [0.1, 0.15) is 39.5 Å². The molecule has 3 aromatic rings. The second kappa shape index (κ2) is 8.87. The van der Waals surface area contributed by atoms with Crippen molar-refractivity contribution in [1.82, 2.24) is 20.0 Å². The number of carbonyl (C=O) groups is 2. The summed E-state index contributed by atoms with van der Waals surface area (Å²) in [6, 6.07) is 15.4. The summed E-state index contributed by atoms with van der Waals surface area (Å²) in [6.07, 6.45) is 4.48. The third kappa shape index (κ3) is 4.46. The molecule has 3 heterocycles. The van der Waals surface area contributed by atoms with Gasteiger partial charge in [-0.05, 0) is 37.0 Å². The molecule has 0 spiro atoms. The summed E-state index contributed by atoms with van der Waals surface area (Å²) in [5.74, 6) is -0.399. The van der Waals surface area contributed by atoms with Gasteiger partial charge >= 0.3 is 0 Å². The third-order valence-electron chi connectivity index (χ3n) is 5.02. The first-order valence-electron chi connectivity index (χ1n) is 9.91. The first kappa shape index (κ1) is 19.1. The summed E-state index contributed by atoms with van der Waals surface area (Å²) in [7, 11) is 0.